The summed E-state index contributed by atoms with van der Waals surface area (Å²) < 4.78 is 25.5. The average molecular weight is 567 g/mol. The molecule has 3 rings (SSSR count). The second kappa shape index (κ2) is 14.0. The molecule has 41 heavy (non-hydrogen) atoms. The molecule has 0 aromatic heterocycles. The largest absolute Gasteiger partial charge is 0.497 e. The highest BCUT2D eigenvalue weighted by molar-refractivity contribution is 5.99. The molecule has 3 N–H and O–H groups in total. The molecule has 0 heterocycles. The summed E-state index contributed by atoms with van der Waals surface area (Å²) in [6.45, 7) is 0. The standard InChI is InChI=1S/C28H26N2O11/c1-37-19-12-10-16(11-13-19)24(31)29-30-25(32)22(40-27(35)17-6-4-8-20(14-17)38-2)23(26(33)34)41-28(36)18-7-5-9-21(15-18)39-3/h4-15,22-23H,1-3H3,(H,29,31)(H,30,32)(H,33,34)/t22-,23+/m0/s1. The molecule has 0 unspecified atom stereocenters. The summed E-state index contributed by atoms with van der Waals surface area (Å²) in [4.78, 5) is 63.5. The van der Waals surface area contributed by atoms with Crippen LogP contribution in [0.5, 0.6) is 17.2 Å². The fourth-order valence-corrected chi connectivity index (χ4v) is 3.37. The molecule has 3 aromatic carbocycles. The highest BCUT2D eigenvalue weighted by Gasteiger charge is 2.41. The number of hydrazine groups is 1. The number of esters is 2. The maximum absolute atomic E-state index is 13.1. The maximum atomic E-state index is 13.1. The lowest BCUT2D eigenvalue weighted by molar-refractivity contribution is -0.159. The third-order valence-electron chi connectivity index (χ3n) is 5.51. The van der Waals surface area contributed by atoms with E-state index in [1.807, 2.05) is 5.43 Å². The van der Waals surface area contributed by atoms with Gasteiger partial charge in [-0.15, -0.1) is 0 Å². The first kappa shape index (κ1) is 30.0. The summed E-state index contributed by atoms with van der Waals surface area (Å²) in [7, 11) is 4.18. The van der Waals surface area contributed by atoms with Gasteiger partial charge in [0.15, 0.2) is 0 Å². The topological polar surface area (TPSA) is 176 Å². The normalized spacial score (nSPS) is 11.7. The van der Waals surface area contributed by atoms with Crippen LogP contribution in [0.4, 0.5) is 0 Å². The van der Waals surface area contributed by atoms with Gasteiger partial charge >= 0.3 is 17.9 Å². The van der Waals surface area contributed by atoms with Gasteiger partial charge in [0, 0.05) is 5.56 Å². The summed E-state index contributed by atoms with van der Waals surface area (Å²) >= 11 is 0. The molecule has 13 heteroatoms. The van der Waals surface area contributed by atoms with Crippen molar-refractivity contribution in [2.24, 2.45) is 0 Å². The van der Waals surface area contributed by atoms with E-state index in [0.29, 0.717) is 5.75 Å². The number of carboxylic acids is 1. The molecule has 0 aliphatic carbocycles. The molecule has 214 valence electrons. The number of hydrogen-bond donors (Lipinski definition) is 3. The van der Waals surface area contributed by atoms with E-state index in [1.165, 1.54) is 82.0 Å². The number of amides is 2. The molecule has 0 saturated heterocycles. The monoisotopic (exact) mass is 566 g/mol. The Labute approximate surface area is 233 Å². The van der Waals surface area contributed by atoms with Crippen molar-refractivity contribution in [1.82, 2.24) is 10.9 Å². The van der Waals surface area contributed by atoms with Crippen molar-refractivity contribution in [3.8, 4) is 17.2 Å². The molecule has 3 aromatic rings. The number of nitrogens with one attached hydrogen (secondary N) is 2. The van der Waals surface area contributed by atoms with Gasteiger partial charge in [-0.1, -0.05) is 12.1 Å². The lowest BCUT2D eigenvalue weighted by Gasteiger charge is -2.23. The van der Waals surface area contributed by atoms with Gasteiger partial charge in [0.05, 0.1) is 32.5 Å². The quantitative estimate of drug-likeness (QED) is 0.229. The molecule has 2 atom stereocenters. The predicted molar refractivity (Wildman–Crippen MR) is 141 cm³/mol. The van der Waals surface area contributed by atoms with E-state index in [2.05, 4.69) is 5.43 Å². The smallest absolute Gasteiger partial charge is 0.349 e. The van der Waals surface area contributed by atoms with Crippen molar-refractivity contribution in [2.75, 3.05) is 21.3 Å². The van der Waals surface area contributed by atoms with Gasteiger partial charge in [0.25, 0.3) is 11.8 Å². The Hall–Kier alpha value is -5.59. The minimum atomic E-state index is -2.32. The van der Waals surface area contributed by atoms with Crippen LogP contribution in [-0.2, 0) is 19.1 Å². The van der Waals surface area contributed by atoms with Crippen LogP contribution in [-0.4, -0.2) is 68.4 Å². The Balaban J connectivity index is 1.86. The Kier molecular flexibility index (Phi) is 10.2. The van der Waals surface area contributed by atoms with Crippen molar-refractivity contribution in [3.05, 3.63) is 89.5 Å². The molecule has 13 nitrogen and oxygen atoms in total. The van der Waals surface area contributed by atoms with E-state index >= 15 is 0 Å². The van der Waals surface area contributed by atoms with Gasteiger partial charge in [-0.25, -0.2) is 14.4 Å². The minimum Gasteiger partial charge on any atom is -0.497 e. The Morgan fingerprint density at radius 1 is 0.610 bits per heavy atom. The van der Waals surface area contributed by atoms with E-state index in [0.717, 1.165) is 0 Å². The summed E-state index contributed by atoms with van der Waals surface area (Å²) in [6.07, 6.45) is -4.56. The summed E-state index contributed by atoms with van der Waals surface area (Å²) in [5.74, 6) is -5.10. The lowest BCUT2D eigenvalue weighted by Crippen LogP contribution is -2.54. The van der Waals surface area contributed by atoms with Crippen molar-refractivity contribution in [3.63, 3.8) is 0 Å². The number of ether oxygens (including phenoxy) is 5. The number of carbonyl (C=O) groups excluding carboxylic acids is 4. The van der Waals surface area contributed by atoms with Gasteiger partial charge < -0.3 is 28.8 Å². The molecule has 0 bridgehead atoms. The Morgan fingerprint density at radius 2 is 1.10 bits per heavy atom. The molecule has 0 saturated carbocycles. The maximum Gasteiger partial charge on any atom is 0.349 e. The highest BCUT2D eigenvalue weighted by atomic mass is 16.6. The number of hydrogen-bond acceptors (Lipinski definition) is 10. The first-order valence-corrected chi connectivity index (χ1v) is 11.8. The number of aliphatic carboxylic acids is 1. The number of rotatable bonds is 11. The zero-order valence-corrected chi connectivity index (χ0v) is 22.1. The fraction of sp³-hybridized carbons (Fsp3) is 0.179. The molecule has 0 aliphatic heterocycles. The molecule has 0 fully saturated rings. The van der Waals surface area contributed by atoms with Gasteiger partial charge in [0.1, 0.15) is 17.2 Å². The molecule has 2 amide bonds. The van der Waals surface area contributed by atoms with E-state index < -0.39 is 41.9 Å². The Bertz CT molecular complexity index is 1420. The van der Waals surface area contributed by atoms with Crippen LogP contribution in [0.25, 0.3) is 0 Å². The Morgan fingerprint density at radius 3 is 1.56 bits per heavy atom. The minimum absolute atomic E-state index is 0.0901. The number of methoxy groups -OCH3 is 3. The zero-order chi connectivity index (χ0) is 29.9. The van der Waals surface area contributed by atoms with Crippen molar-refractivity contribution >= 4 is 29.7 Å². The van der Waals surface area contributed by atoms with Crippen LogP contribution in [0.15, 0.2) is 72.8 Å². The van der Waals surface area contributed by atoms with Crippen LogP contribution in [0.1, 0.15) is 31.1 Å². The van der Waals surface area contributed by atoms with Crippen molar-refractivity contribution < 1.29 is 52.8 Å². The number of carboxylic acid groups (broad SMARTS) is 1. The van der Waals surface area contributed by atoms with E-state index in [-0.39, 0.29) is 28.2 Å². The SMILES string of the molecule is COc1ccc(C(=O)NNC(=O)[C@@H](OC(=O)c2cccc(OC)c2)[C@@H](OC(=O)c2cccc(OC)c2)C(=O)O)cc1. The van der Waals surface area contributed by atoms with Crippen LogP contribution in [0.2, 0.25) is 0 Å². The summed E-state index contributed by atoms with van der Waals surface area (Å²) in [6, 6.07) is 17.1. The van der Waals surface area contributed by atoms with Crippen LogP contribution >= 0.6 is 0 Å². The molecular formula is C28H26N2O11. The van der Waals surface area contributed by atoms with Gasteiger partial charge in [-0.05, 0) is 60.7 Å². The first-order chi connectivity index (χ1) is 19.7. The number of carbonyl (C=O) groups is 5. The second-order valence-corrected chi connectivity index (χ2v) is 8.13. The average Bonchev–Trinajstić information content (AvgIpc) is 3.00. The molecular weight excluding hydrogens is 540 g/mol. The third-order valence-corrected chi connectivity index (χ3v) is 5.51. The van der Waals surface area contributed by atoms with Crippen LogP contribution in [0.3, 0.4) is 0 Å². The molecule has 0 radical (unpaired) electrons. The lowest BCUT2D eigenvalue weighted by atomic mass is 10.1. The predicted octanol–water partition coefficient (Wildman–Crippen LogP) is 2.01. The number of benzene rings is 3. The van der Waals surface area contributed by atoms with Gasteiger partial charge in [0.2, 0.25) is 12.2 Å². The summed E-state index contributed by atoms with van der Waals surface area (Å²) in [5.41, 5.74) is 4.05. The van der Waals surface area contributed by atoms with Crippen LogP contribution < -0.4 is 25.1 Å². The fourth-order valence-electron chi connectivity index (χ4n) is 3.37. The zero-order valence-electron chi connectivity index (χ0n) is 22.1. The van der Waals surface area contributed by atoms with E-state index in [1.54, 1.807) is 12.1 Å². The van der Waals surface area contributed by atoms with Gasteiger partial charge in [-0.3, -0.25) is 20.4 Å². The van der Waals surface area contributed by atoms with Crippen molar-refractivity contribution in [1.29, 1.82) is 0 Å². The second-order valence-electron chi connectivity index (χ2n) is 8.13. The molecule has 0 spiro atoms. The third kappa shape index (κ3) is 7.95. The van der Waals surface area contributed by atoms with Crippen LogP contribution in [0, 0.1) is 0 Å². The van der Waals surface area contributed by atoms with Gasteiger partial charge in [-0.2, -0.15) is 0 Å². The first-order valence-electron chi connectivity index (χ1n) is 11.8. The highest BCUT2D eigenvalue weighted by Crippen LogP contribution is 2.18. The van der Waals surface area contributed by atoms with E-state index in [4.69, 9.17) is 23.7 Å². The van der Waals surface area contributed by atoms with E-state index in [9.17, 15) is 29.1 Å². The summed E-state index contributed by atoms with van der Waals surface area (Å²) in [5, 5.41) is 9.87. The molecule has 0 aliphatic rings. The van der Waals surface area contributed by atoms with Crippen molar-refractivity contribution in [2.45, 2.75) is 12.2 Å².